The van der Waals surface area contributed by atoms with Crippen LogP contribution in [-0.2, 0) is 0 Å². The van der Waals surface area contributed by atoms with Crippen LogP contribution in [0.5, 0.6) is 11.5 Å². The summed E-state index contributed by atoms with van der Waals surface area (Å²) in [6, 6.07) is 18.6. The largest absolute Gasteiger partial charge is 0.455 e. The molecule has 0 atom stereocenters. The molecule has 3 nitrogen and oxygen atoms in total. The molecule has 2 aliphatic carbocycles. The zero-order chi connectivity index (χ0) is 22.1. The summed E-state index contributed by atoms with van der Waals surface area (Å²) in [5.74, 6) is 5.07. The Morgan fingerprint density at radius 1 is 0.688 bits per heavy atom. The molecule has 4 N–H and O–H groups in total. The van der Waals surface area contributed by atoms with Crippen LogP contribution in [0.15, 0.2) is 54.6 Å². The molecule has 32 heavy (non-hydrogen) atoms. The number of anilines is 2. The van der Waals surface area contributed by atoms with Crippen LogP contribution in [0.3, 0.4) is 0 Å². The Labute approximate surface area is 192 Å². The number of rotatable bonds is 4. The molecule has 0 saturated heterocycles. The van der Waals surface area contributed by atoms with E-state index in [-0.39, 0.29) is 0 Å². The van der Waals surface area contributed by atoms with Gasteiger partial charge in [-0.25, -0.2) is 0 Å². The minimum atomic E-state index is 0.554. The van der Waals surface area contributed by atoms with Gasteiger partial charge in [-0.2, -0.15) is 0 Å². The van der Waals surface area contributed by atoms with Crippen molar-refractivity contribution in [1.29, 1.82) is 0 Å². The van der Waals surface area contributed by atoms with Crippen molar-refractivity contribution in [3.8, 4) is 11.5 Å². The van der Waals surface area contributed by atoms with Crippen molar-refractivity contribution in [3.63, 3.8) is 0 Å². The van der Waals surface area contributed by atoms with Crippen molar-refractivity contribution >= 4 is 22.1 Å². The third-order valence-electron chi connectivity index (χ3n) is 8.07. The van der Waals surface area contributed by atoms with Gasteiger partial charge in [-0.15, -0.1) is 0 Å². The summed E-state index contributed by atoms with van der Waals surface area (Å²) in [5, 5.41) is 2.48. The molecule has 0 spiro atoms. The number of nitrogens with two attached hydrogens (primary N) is 2. The summed E-state index contributed by atoms with van der Waals surface area (Å²) in [5.41, 5.74) is 14.5. The average Bonchev–Trinajstić information content (AvgIpc) is 2.81. The molecule has 5 rings (SSSR count). The predicted octanol–water partition coefficient (Wildman–Crippen LogP) is 7.90. The minimum absolute atomic E-state index is 0.554. The molecule has 2 fully saturated rings. The van der Waals surface area contributed by atoms with Gasteiger partial charge in [0.25, 0.3) is 0 Å². The molecular formula is C29H36N2O. The Bertz CT molecular complexity index is 1080. The third kappa shape index (κ3) is 4.57. The van der Waals surface area contributed by atoms with Crippen LogP contribution in [0.2, 0.25) is 0 Å². The maximum absolute atomic E-state index is 6.04. The van der Waals surface area contributed by atoms with Gasteiger partial charge in [-0.05, 0) is 109 Å². The van der Waals surface area contributed by atoms with Gasteiger partial charge in [-0.3, -0.25) is 0 Å². The molecule has 3 aromatic rings. The molecule has 0 amide bonds. The number of nitrogen functional groups attached to an aromatic ring is 2. The fourth-order valence-electron chi connectivity index (χ4n) is 6.03. The Hall–Kier alpha value is -2.68. The standard InChI is InChI=1S/C29H36N2O/c1-19-2-4-20(5-3-19)21-6-8-22(9-7-21)23-10-11-25-17-27(14-12-24(25)16-23)32-29-15-13-26(30)18-28(29)31/h10-22H,2-9,30-31H2,1H3. The second-order valence-corrected chi connectivity index (χ2v) is 10.3. The SMILES string of the molecule is CC1CCC(C2CCC(c3ccc4cc(Oc5ccc(N)cc5N)ccc4c3)CC2)CC1. The van der Waals surface area contributed by atoms with Crippen molar-refractivity contribution in [2.45, 2.75) is 64.2 Å². The maximum atomic E-state index is 6.04. The molecule has 0 aromatic heterocycles. The Balaban J connectivity index is 1.25. The van der Waals surface area contributed by atoms with Gasteiger partial charge in [0, 0.05) is 5.69 Å². The number of hydrogen-bond acceptors (Lipinski definition) is 3. The van der Waals surface area contributed by atoms with Gasteiger partial charge in [0.05, 0.1) is 5.69 Å². The van der Waals surface area contributed by atoms with E-state index in [0.29, 0.717) is 23.0 Å². The Morgan fingerprint density at radius 2 is 1.34 bits per heavy atom. The monoisotopic (exact) mass is 428 g/mol. The molecule has 0 radical (unpaired) electrons. The first-order valence-electron chi connectivity index (χ1n) is 12.4. The number of fused-ring (bicyclic) bond motifs is 1. The van der Waals surface area contributed by atoms with Crippen LogP contribution in [-0.4, -0.2) is 0 Å². The van der Waals surface area contributed by atoms with Crippen molar-refractivity contribution < 1.29 is 4.74 Å². The lowest BCUT2D eigenvalue weighted by atomic mass is 9.68. The molecular weight excluding hydrogens is 392 g/mol. The summed E-state index contributed by atoms with van der Waals surface area (Å²) in [4.78, 5) is 0. The van der Waals surface area contributed by atoms with Gasteiger partial charge in [0.1, 0.15) is 11.5 Å². The lowest BCUT2D eigenvalue weighted by molar-refractivity contribution is 0.165. The van der Waals surface area contributed by atoms with E-state index in [1.54, 1.807) is 6.07 Å². The van der Waals surface area contributed by atoms with Crippen molar-refractivity contribution in [3.05, 3.63) is 60.2 Å². The van der Waals surface area contributed by atoms with E-state index in [9.17, 15) is 0 Å². The van der Waals surface area contributed by atoms with Gasteiger partial charge >= 0.3 is 0 Å². The van der Waals surface area contributed by atoms with Crippen LogP contribution >= 0.6 is 0 Å². The second-order valence-electron chi connectivity index (χ2n) is 10.3. The Morgan fingerprint density at radius 3 is 2.06 bits per heavy atom. The number of benzene rings is 3. The fraction of sp³-hybridized carbons (Fsp3) is 0.448. The fourth-order valence-corrected chi connectivity index (χ4v) is 6.03. The second kappa shape index (κ2) is 9.05. The normalized spacial score (nSPS) is 26.2. The lowest BCUT2D eigenvalue weighted by Gasteiger charge is -2.37. The zero-order valence-corrected chi connectivity index (χ0v) is 19.2. The van der Waals surface area contributed by atoms with Crippen molar-refractivity contribution in [2.24, 2.45) is 17.8 Å². The van der Waals surface area contributed by atoms with E-state index in [1.165, 1.54) is 67.7 Å². The first-order valence-corrected chi connectivity index (χ1v) is 12.4. The van der Waals surface area contributed by atoms with E-state index in [2.05, 4.69) is 37.3 Å². The van der Waals surface area contributed by atoms with E-state index in [4.69, 9.17) is 16.2 Å². The van der Waals surface area contributed by atoms with Crippen LogP contribution < -0.4 is 16.2 Å². The van der Waals surface area contributed by atoms with Crippen LogP contribution in [0, 0.1) is 17.8 Å². The quantitative estimate of drug-likeness (QED) is 0.415. The summed E-state index contributed by atoms with van der Waals surface area (Å²) < 4.78 is 6.01. The highest BCUT2D eigenvalue weighted by molar-refractivity contribution is 5.84. The number of ether oxygens (including phenoxy) is 1. The predicted molar refractivity (Wildman–Crippen MR) is 135 cm³/mol. The summed E-state index contributed by atoms with van der Waals surface area (Å²) in [7, 11) is 0. The third-order valence-corrected chi connectivity index (χ3v) is 8.07. The lowest BCUT2D eigenvalue weighted by Crippen LogP contribution is -2.24. The molecule has 0 aliphatic heterocycles. The Kier molecular flexibility index (Phi) is 5.99. The highest BCUT2D eigenvalue weighted by atomic mass is 16.5. The average molecular weight is 429 g/mol. The van der Waals surface area contributed by atoms with Crippen molar-refractivity contribution in [2.75, 3.05) is 11.5 Å². The highest BCUT2D eigenvalue weighted by Crippen LogP contribution is 2.44. The first-order chi connectivity index (χ1) is 15.5. The molecule has 0 unspecified atom stereocenters. The summed E-state index contributed by atoms with van der Waals surface area (Å²) >= 11 is 0. The van der Waals surface area contributed by atoms with E-state index in [0.717, 1.165) is 23.5 Å². The van der Waals surface area contributed by atoms with Crippen LogP contribution in [0.4, 0.5) is 11.4 Å². The number of hydrogen-bond donors (Lipinski definition) is 2. The zero-order valence-electron chi connectivity index (χ0n) is 19.2. The van der Waals surface area contributed by atoms with Gasteiger partial charge in [-0.1, -0.05) is 44.0 Å². The molecule has 0 bridgehead atoms. The van der Waals surface area contributed by atoms with Crippen LogP contribution in [0.25, 0.3) is 10.8 Å². The van der Waals surface area contributed by atoms with Crippen molar-refractivity contribution in [1.82, 2.24) is 0 Å². The molecule has 2 aliphatic rings. The smallest absolute Gasteiger partial charge is 0.150 e. The summed E-state index contributed by atoms with van der Waals surface area (Å²) in [6.45, 7) is 2.43. The van der Waals surface area contributed by atoms with Gasteiger partial charge in [0.2, 0.25) is 0 Å². The first kappa shape index (κ1) is 21.2. The van der Waals surface area contributed by atoms with E-state index in [1.807, 2.05) is 18.2 Å². The van der Waals surface area contributed by atoms with E-state index >= 15 is 0 Å². The highest BCUT2D eigenvalue weighted by Gasteiger charge is 2.30. The topological polar surface area (TPSA) is 61.3 Å². The van der Waals surface area contributed by atoms with E-state index < -0.39 is 0 Å². The molecule has 0 heterocycles. The maximum Gasteiger partial charge on any atom is 0.150 e. The van der Waals surface area contributed by atoms with Gasteiger partial charge < -0.3 is 16.2 Å². The van der Waals surface area contributed by atoms with Crippen LogP contribution in [0.1, 0.15) is 69.8 Å². The molecule has 3 heteroatoms. The van der Waals surface area contributed by atoms with Gasteiger partial charge in [0.15, 0.2) is 0 Å². The minimum Gasteiger partial charge on any atom is -0.455 e. The molecule has 168 valence electrons. The molecule has 2 saturated carbocycles. The summed E-state index contributed by atoms with van der Waals surface area (Å²) in [6.07, 6.45) is 11.4. The molecule has 3 aromatic carbocycles.